The smallest absolute Gasteiger partial charge is 0.144 e. The Balaban J connectivity index is 0.000000212. The molecule has 0 bridgehead atoms. The first-order chi connectivity index (χ1) is 24.8. The lowest BCUT2D eigenvalue weighted by Crippen LogP contribution is -2.18. The third-order valence-electron chi connectivity index (χ3n) is 8.57. The average molecular weight is 725 g/mol. The fourth-order valence-electron chi connectivity index (χ4n) is 6.03. The summed E-state index contributed by atoms with van der Waals surface area (Å²) in [7, 11) is 0. The maximum absolute atomic E-state index is 12.8. The number of ketones is 2. The third-order valence-corrected chi connectivity index (χ3v) is 8.57. The average Bonchev–Trinajstić information content (AvgIpc) is 3.14. The SMILES string of the molecule is CCCC(C(=O)Cc1ccc2cnccc2c1)c1ccc(O)cc1.ClCCl.NCCC(C(=O)Cc1ccc2cnccc2c1)c1ccc(O)cc1. The highest BCUT2D eigenvalue weighted by molar-refractivity contribution is 6.40. The van der Waals surface area contributed by atoms with Gasteiger partial charge in [0.2, 0.25) is 0 Å². The van der Waals surface area contributed by atoms with E-state index in [9.17, 15) is 19.8 Å². The summed E-state index contributed by atoms with van der Waals surface area (Å²) in [5.74, 6) is 0.411. The zero-order valence-electron chi connectivity index (χ0n) is 28.6. The molecule has 2 atom stereocenters. The number of aromatic hydroxyl groups is 2. The Bertz CT molecular complexity index is 1860. The topological polar surface area (TPSA) is 126 Å². The second-order valence-corrected chi connectivity index (χ2v) is 13.0. The number of carbonyl (C=O) groups excluding carboxylic acids is 2. The van der Waals surface area contributed by atoms with E-state index < -0.39 is 0 Å². The van der Waals surface area contributed by atoms with Crippen molar-refractivity contribution >= 4 is 56.3 Å². The minimum Gasteiger partial charge on any atom is -0.508 e. The zero-order valence-corrected chi connectivity index (χ0v) is 30.1. The van der Waals surface area contributed by atoms with Gasteiger partial charge in [0, 0.05) is 60.2 Å². The molecule has 4 aromatic carbocycles. The van der Waals surface area contributed by atoms with Crippen molar-refractivity contribution in [1.82, 2.24) is 9.97 Å². The Morgan fingerprint density at radius 2 is 1.04 bits per heavy atom. The standard InChI is InChI=1S/C21H21NO2.C20H20N2O2.CH2Cl2/c1-2-3-20(16-6-8-19(23)9-7-16)21(24)13-15-4-5-18-14-22-11-10-17(18)12-15;21-9-7-19(15-3-5-18(23)6-4-15)20(24)12-14-1-2-17-13-22-10-8-16(17)11-14;2-1-3/h4-12,14,20,23H,2-3,13H2,1H3;1-6,8,10-11,13,19,23H,7,9,12,21H2;1H2. The Labute approximate surface area is 309 Å². The van der Waals surface area contributed by atoms with Gasteiger partial charge in [-0.25, -0.2) is 0 Å². The van der Waals surface area contributed by atoms with E-state index in [0.717, 1.165) is 56.6 Å². The lowest BCUT2D eigenvalue weighted by Gasteiger charge is -2.16. The second kappa shape index (κ2) is 20.1. The minimum atomic E-state index is -0.247. The monoisotopic (exact) mass is 723 g/mol. The zero-order chi connectivity index (χ0) is 36.6. The lowest BCUT2D eigenvalue weighted by atomic mass is 9.87. The number of phenols is 2. The van der Waals surface area contributed by atoms with E-state index in [0.29, 0.717) is 25.8 Å². The van der Waals surface area contributed by atoms with E-state index in [4.69, 9.17) is 28.9 Å². The largest absolute Gasteiger partial charge is 0.508 e. The van der Waals surface area contributed by atoms with Crippen molar-refractivity contribution < 1.29 is 19.8 Å². The van der Waals surface area contributed by atoms with Crippen molar-refractivity contribution in [1.29, 1.82) is 0 Å². The van der Waals surface area contributed by atoms with Crippen molar-refractivity contribution in [2.24, 2.45) is 5.73 Å². The Morgan fingerprint density at radius 1 is 0.627 bits per heavy atom. The summed E-state index contributed by atoms with van der Waals surface area (Å²) in [6, 6.07) is 29.8. The van der Waals surface area contributed by atoms with Crippen LogP contribution in [0.2, 0.25) is 0 Å². The highest BCUT2D eigenvalue weighted by atomic mass is 35.5. The predicted molar refractivity (Wildman–Crippen MR) is 208 cm³/mol. The van der Waals surface area contributed by atoms with Gasteiger partial charge in [-0.1, -0.05) is 74.0 Å². The second-order valence-electron chi connectivity index (χ2n) is 12.2. The summed E-state index contributed by atoms with van der Waals surface area (Å²) in [6.45, 7) is 2.53. The predicted octanol–water partition coefficient (Wildman–Crippen LogP) is 9.24. The van der Waals surface area contributed by atoms with Crippen LogP contribution < -0.4 is 5.73 Å². The molecule has 0 aliphatic heterocycles. The van der Waals surface area contributed by atoms with Crippen LogP contribution in [0.25, 0.3) is 21.5 Å². The molecule has 6 rings (SSSR count). The molecule has 264 valence electrons. The van der Waals surface area contributed by atoms with Crippen LogP contribution in [0.15, 0.2) is 122 Å². The highest BCUT2D eigenvalue weighted by Gasteiger charge is 2.21. The lowest BCUT2D eigenvalue weighted by molar-refractivity contribution is -0.120. The summed E-state index contributed by atoms with van der Waals surface area (Å²) >= 11 is 9.53. The number of benzene rings is 4. The molecule has 9 heteroatoms. The van der Waals surface area contributed by atoms with Crippen LogP contribution in [0, 0.1) is 0 Å². The molecule has 7 nitrogen and oxygen atoms in total. The summed E-state index contributed by atoms with van der Waals surface area (Å²) in [5.41, 5.74) is 9.58. The maximum Gasteiger partial charge on any atom is 0.144 e. The molecule has 0 saturated heterocycles. The van der Waals surface area contributed by atoms with E-state index in [2.05, 4.69) is 23.0 Å². The summed E-state index contributed by atoms with van der Waals surface area (Å²) in [4.78, 5) is 33.9. The molecule has 2 aromatic heterocycles. The van der Waals surface area contributed by atoms with Gasteiger partial charge in [0.1, 0.15) is 23.1 Å². The molecule has 6 aromatic rings. The molecule has 2 unspecified atom stereocenters. The number of aromatic nitrogens is 2. The third kappa shape index (κ3) is 11.6. The van der Waals surface area contributed by atoms with E-state index in [1.165, 1.54) is 0 Å². The van der Waals surface area contributed by atoms with Gasteiger partial charge in [0.25, 0.3) is 0 Å². The van der Waals surface area contributed by atoms with E-state index in [1.54, 1.807) is 48.8 Å². The van der Waals surface area contributed by atoms with Crippen molar-refractivity contribution in [2.75, 3.05) is 11.9 Å². The number of hydrogen-bond donors (Lipinski definition) is 3. The Hall–Kier alpha value is -4.82. The number of fused-ring (bicyclic) bond motifs is 2. The normalized spacial score (nSPS) is 11.8. The molecule has 0 fully saturated rings. The first-order valence-electron chi connectivity index (χ1n) is 16.9. The van der Waals surface area contributed by atoms with Gasteiger partial charge in [-0.05, 0) is 88.8 Å². The number of halogens is 2. The van der Waals surface area contributed by atoms with Crippen molar-refractivity contribution in [3.63, 3.8) is 0 Å². The molecule has 0 amide bonds. The first kappa shape index (κ1) is 39.0. The number of hydrogen-bond acceptors (Lipinski definition) is 7. The van der Waals surface area contributed by atoms with Gasteiger partial charge < -0.3 is 15.9 Å². The number of nitrogens with two attached hydrogens (primary N) is 1. The van der Waals surface area contributed by atoms with Crippen molar-refractivity contribution in [3.05, 3.63) is 144 Å². The fourth-order valence-corrected chi connectivity index (χ4v) is 6.03. The number of rotatable bonds is 12. The molecule has 0 saturated carbocycles. The van der Waals surface area contributed by atoms with Crippen LogP contribution >= 0.6 is 23.2 Å². The molecule has 0 spiro atoms. The van der Waals surface area contributed by atoms with Crippen molar-refractivity contribution in [3.8, 4) is 11.5 Å². The van der Waals surface area contributed by atoms with Crippen LogP contribution in [-0.2, 0) is 22.4 Å². The van der Waals surface area contributed by atoms with Gasteiger partial charge in [0.15, 0.2) is 0 Å². The summed E-state index contributed by atoms with van der Waals surface area (Å²) < 4.78 is 0. The summed E-state index contributed by atoms with van der Waals surface area (Å²) in [6.07, 6.45) is 10.3. The maximum atomic E-state index is 12.8. The number of alkyl halides is 2. The van der Waals surface area contributed by atoms with Crippen molar-refractivity contribution in [2.45, 2.75) is 50.9 Å². The van der Waals surface area contributed by atoms with Gasteiger partial charge in [-0.2, -0.15) is 0 Å². The molecular formula is C42H43Cl2N3O4. The molecular weight excluding hydrogens is 681 g/mol. The van der Waals surface area contributed by atoms with Crippen LogP contribution in [0.3, 0.4) is 0 Å². The number of phenolic OH excluding ortho intramolecular Hbond substituents is 2. The molecule has 51 heavy (non-hydrogen) atoms. The number of carbonyl (C=O) groups is 2. The van der Waals surface area contributed by atoms with Crippen LogP contribution in [0.1, 0.15) is 60.3 Å². The van der Waals surface area contributed by atoms with Gasteiger partial charge in [-0.3, -0.25) is 19.6 Å². The Morgan fingerprint density at radius 3 is 1.43 bits per heavy atom. The quantitative estimate of drug-likeness (QED) is 0.107. The number of nitrogens with zero attached hydrogens (tertiary/aromatic N) is 2. The first-order valence-corrected chi connectivity index (χ1v) is 17.9. The molecule has 4 N–H and O–H groups in total. The van der Waals surface area contributed by atoms with Gasteiger partial charge in [-0.15, -0.1) is 23.2 Å². The molecule has 2 heterocycles. The minimum absolute atomic E-state index is 0.122. The van der Waals surface area contributed by atoms with E-state index in [-0.39, 0.29) is 40.2 Å². The highest BCUT2D eigenvalue weighted by Crippen LogP contribution is 2.27. The summed E-state index contributed by atoms with van der Waals surface area (Å²) in [5, 5.41) is 23.4. The number of Topliss-reactive ketones (excluding diaryl/α,β-unsaturated/α-hetero) is 2. The van der Waals surface area contributed by atoms with Crippen LogP contribution in [0.4, 0.5) is 0 Å². The van der Waals surface area contributed by atoms with E-state index >= 15 is 0 Å². The van der Waals surface area contributed by atoms with Gasteiger partial charge in [0.05, 0.1) is 5.34 Å². The van der Waals surface area contributed by atoms with Crippen LogP contribution in [0.5, 0.6) is 11.5 Å². The number of pyridine rings is 2. The van der Waals surface area contributed by atoms with E-state index in [1.807, 2.05) is 67.0 Å². The fraction of sp³-hybridized carbons (Fsp3) is 0.238. The molecule has 0 aliphatic rings. The molecule has 0 radical (unpaired) electrons. The Kier molecular flexibility index (Phi) is 15.4. The van der Waals surface area contributed by atoms with Gasteiger partial charge >= 0.3 is 0 Å². The van der Waals surface area contributed by atoms with Crippen LogP contribution in [-0.4, -0.2) is 43.6 Å². The molecule has 0 aliphatic carbocycles.